The van der Waals surface area contributed by atoms with Crippen molar-refractivity contribution < 1.29 is 9.59 Å². The summed E-state index contributed by atoms with van der Waals surface area (Å²) in [5.74, 6) is -0.491. The molecule has 13 heavy (non-hydrogen) atoms. The summed E-state index contributed by atoms with van der Waals surface area (Å²) in [4.78, 5) is 28.0. The van der Waals surface area contributed by atoms with Crippen LogP contribution >= 0.6 is 12.8 Å². The third-order valence-electron chi connectivity index (χ3n) is 1.39. The number of carbonyl (C=O) groups excluding carboxylic acids is 2. The molecule has 0 saturated carbocycles. The number of aldehydes is 1. The van der Waals surface area contributed by atoms with Crippen molar-refractivity contribution in [2.75, 3.05) is 7.05 Å². The number of carbonyl (C=O) groups is 2. The molecule has 6 nitrogen and oxygen atoms in total. The van der Waals surface area contributed by atoms with E-state index in [0.717, 1.165) is 4.41 Å². The van der Waals surface area contributed by atoms with Gasteiger partial charge >= 0.3 is 0 Å². The van der Waals surface area contributed by atoms with Crippen molar-refractivity contribution in [2.45, 2.75) is 0 Å². The van der Waals surface area contributed by atoms with E-state index in [1.165, 1.54) is 13.4 Å². The molecule has 1 amide bonds. The van der Waals surface area contributed by atoms with E-state index in [1.54, 1.807) is 0 Å². The maximum absolute atomic E-state index is 11.4. The maximum Gasteiger partial charge on any atom is 0.298 e. The molecule has 0 bridgehead atoms. The van der Waals surface area contributed by atoms with Gasteiger partial charge in [-0.3, -0.25) is 9.59 Å². The van der Waals surface area contributed by atoms with Gasteiger partial charge in [0.2, 0.25) is 0 Å². The first-order valence-electron chi connectivity index (χ1n) is 3.40. The van der Waals surface area contributed by atoms with Crippen LogP contribution in [0.15, 0.2) is 6.33 Å². The van der Waals surface area contributed by atoms with E-state index in [0.29, 0.717) is 6.29 Å². The Hall–Kier alpha value is -1.34. The Bertz CT molecular complexity index is 324. The SMILES string of the molecule is CNN(S)C(=O)c1nc[nH]c1C=O. The Morgan fingerprint density at radius 1 is 1.85 bits per heavy atom. The number of hydrogen-bond donors (Lipinski definition) is 3. The van der Waals surface area contributed by atoms with Crippen LogP contribution in [0.2, 0.25) is 0 Å². The lowest BCUT2D eigenvalue weighted by Crippen LogP contribution is -2.33. The van der Waals surface area contributed by atoms with Crippen LogP contribution in [0.25, 0.3) is 0 Å². The first-order valence-corrected chi connectivity index (χ1v) is 3.80. The molecule has 2 N–H and O–H groups in total. The molecule has 0 fully saturated rings. The number of aromatic amines is 1. The highest BCUT2D eigenvalue weighted by atomic mass is 32.1. The van der Waals surface area contributed by atoms with Crippen molar-refractivity contribution in [2.24, 2.45) is 0 Å². The lowest BCUT2D eigenvalue weighted by Gasteiger charge is -2.11. The van der Waals surface area contributed by atoms with Crippen molar-refractivity contribution in [1.82, 2.24) is 19.8 Å². The number of hydrazine groups is 1. The molecule has 1 rings (SSSR count). The minimum atomic E-state index is -0.491. The van der Waals surface area contributed by atoms with Gasteiger partial charge in [-0.05, 0) is 12.8 Å². The van der Waals surface area contributed by atoms with Gasteiger partial charge in [0.15, 0.2) is 12.0 Å². The largest absolute Gasteiger partial charge is 0.342 e. The Kier molecular flexibility index (Phi) is 3.04. The van der Waals surface area contributed by atoms with Crippen molar-refractivity contribution >= 4 is 25.0 Å². The Balaban J connectivity index is 2.94. The summed E-state index contributed by atoms with van der Waals surface area (Å²) < 4.78 is 0.934. The van der Waals surface area contributed by atoms with Crippen LogP contribution in [0, 0.1) is 0 Å². The van der Waals surface area contributed by atoms with E-state index in [-0.39, 0.29) is 11.4 Å². The molecule has 0 unspecified atom stereocenters. The quantitative estimate of drug-likeness (QED) is 0.354. The molecular formula is C6H8N4O2S. The zero-order valence-corrected chi connectivity index (χ0v) is 7.71. The van der Waals surface area contributed by atoms with Crippen LogP contribution in [0.1, 0.15) is 21.0 Å². The molecule has 1 aromatic heterocycles. The number of amides is 1. The molecule has 1 heterocycles. The average Bonchev–Trinajstić information content (AvgIpc) is 2.62. The van der Waals surface area contributed by atoms with Gasteiger partial charge < -0.3 is 4.98 Å². The van der Waals surface area contributed by atoms with Crippen LogP contribution in [-0.4, -0.2) is 33.6 Å². The standard InChI is InChI=1S/C6H8N4O2S/c1-7-10(13)6(12)5-4(2-11)8-3-9-5/h2-3,7,13H,1H3,(H,8,9). The first kappa shape index (κ1) is 9.75. The molecule has 0 aliphatic rings. The fraction of sp³-hybridized carbons (Fsp3) is 0.167. The number of nitrogens with one attached hydrogen (secondary N) is 2. The number of H-pyrrole nitrogens is 1. The second kappa shape index (κ2) is 4.06. The predicted octanol–water partition coefficient (Wildman–Crippen LogP) is -0.356. The summed E-state index contributed by atoms with van der Waals surface area (Å²) >= 11 is 3.80. The van der Waals surface area contributed by atoms with E-state index < -0.39 is 5.91 Å². The third-order valence-corrected chi connectivity index (χ3v) is 1.78. The highest BCUT2D eigenvalue weighted by Gasteiger charge is 2.17. The van der Waals surface area contributed by atoms with Crippen LogP contribution in [-0.2, 0) is 0 Å². The lowest BCUT2D eigenvalue weighted by molar-refractivity contribution is 0.0830. The molecule has 0 aliphatic carbocycles. The summed E-state index contributed by atoms with van der Waals surface area (Å²) in [5, 5.41) is 0. The van der Waals surface area contributed by atoms with Gasteiger partial charge in [-0.1, -0.05) is 0 Å². The van der Waals surface area contributed by atoms with E-state index in [2.05, 4.69) is 28.2 Å². The van der Waals surface area contributed by atoms with Crippen molar-refractivity contribution in [3.05, 3.63) is 17.7 Å². The number of thiol groups is 1. The van der Waals surface area contributed by atoms with Crippen LogP contribution in [0.4, 0.5) is 0 Å². The van der Waals surface area contributed by atoms with Crippen molar-refractivity contribution in [3.8, 4) is 0 Å². The van der Waals surface area contributed by atoms with E-state index in [4.69, 9.17) is 0 Å². The van der Waals surface area contributed by atoms with Gasteiger partial charge in [-0.15, -0.1) is 0 Å². The van der Waals surface area contributed by atoms with E-state index in [9.17, 15) is 9.59 Å². The van der Waals surface area contributed by atoms with Crippen molar-refractivity contribution in [3.63, 3.8) is 0 Å². The molecular weight excluding hydrogens is 192 g/mol. The van der Waals surface area contributed by atoms with Crippen LogP contribution in [0.5, 0.6) is 0 Å². The van der Waals surface area contributed by atoms with E-state index >= 15 is 0 Å². The Morgan fingerprint density at radius 2 is 2.54 bits per heavy atom. The Labute approximate surface area is 79.8 Å². The number of hydrogen-bond acceptors (Lipinski definition) is 5. The predicted molar refractivity (Wildman–Crippen MR) is 48.2 cm³/mol. The summed E-state index contributed by atoms with van der Waals surface area (Å²) in [7, 11) is 1.53. The van der Waals surface area contributed by atoms with Crippen molar-refractivity contribution in [1.29, 1.82) is 0 Å². The van der Waals surface area contributed by atoms with Gasteiger partial charge in [0, 0.05) is 7.05 Å². The average molecular weight is 200 g/mol. The number of rotatable bonds is 3. The van der Waals surface area contributed by atoms with E-state index in [1.807, 2.05) is 0 Å². The zero-order valence-electron chi connectivity index (χ0n) is 6.81. The summed E-state index contributed by atoms with van der Waals surface area (Å²) in [6, 6.07) is 0. The number of nitrogens with zero attached hydrogens (tertiary/aromatic N) is 2. The molecule has 70 valence electrons. The third kappa shape index (κ3) is 1.87. The summed E-state index contributed by atoms with van der Waals surface area (Å²) in [5.41, 5.74) is 2.66. The van der Waals surface area contributed by atoms with Gasteiger partial charge in [-0.25, -0.2) is 14.8 Å². The summed E-state index contributed by atoms with van der Waals surface area (Å²) in [6.45, 7) is 0. The molecule has 7 heteroatoms. The fourth-order valence-corrected chi connectivity index (χ4v) is 0.861. The van der Waals surface area contributed by atoms with Gasteiger partial charge in [-0.2, -0.15) is 0 Å². The normalized spacial score (nSPS) is 9.69. The minimum absolute atomic E-state index is 0.0411. The first-order chi connectivity index (χ1) is 6.20. The zero-order chi connectivity index (χ0) is 9.84. The summed E-state index contributed by atoms with van der Waals surface area (Å²) in [6.07, 6.45) is 1.80. The van der Waals surface area contributed by atoms with Gasteiger partial charge in [0.1, 0.15) is 5.69 Å². The highest BCUT2D eigenvalue weighted by Crippen LogP contribution is 2.04. The number of imidazole rings is 1. The fourth-order valence-electron chi connectivity index (χ4n) is 0.766. The molecule has 0 saturated heterocycles. The number of aromatic nitrogens is 2. The Morgan fingerprint density at radius 3 is 3.08 bits per heavy atom. The van der Waals surface area contributed by atoms with Crippen LogP contribution < -0.4 is 5.43 Å². The molecule has 0 aromatic carbocycles. The smallest absolute Gasteiger partial charge is 0.298 e. The minimum Gasteiger partial charge on any atom is -0.342 e. The van der Waals surface area contributed by atoms with Crippen LogP contribution in [0.3, 0.4) is 0 Å². The molecule has 0 radical (unpaired) electrons. The molecule has 0 aliphatic heterocycles. The molecule has 0 spiro atoms. The monoisotopic (exact) mass is 200 g/mol. The lowest BCUT2D eigenvalue weighted by atomic mass is 10.3. The van der Waals surface area contributed by atoms with Gasteiger partial charge in [0.25, 0.3) is 5.91 Å². The molecule has 0 atom stereocenters. The topological polar surface area (TPSA) is 78.1 Å². The highest BCUT2D eigenvalue weighted by molar-refractivity contribution is 7.78. The second-order valence-electron chi connectivity index (χ2n) is 2.12. The second-order valence-corrected chi connectivity index (χ2v) is 2.52. The molecule has 1 aromatic rings. The van der Waals surface area contributed by atoms with Gasteiger partial charge in [0.05, 0.1) is 6.33 Å². The maximum atomic E-state index is 11.4.